The first-order chi connectivity index (χ1) is 15.4. The summed E-state index contributed by atoms with van der Waals surface area (Å²) in [5, 5.41) is 4.55. The molecule has 0 saturated carbocycles. The highest BCUT2D eigenvalue weighted by Crippen LogP contribution is 2.19. The first-order valence-electron chi connectivity index (χ1n) is 9.71. The Morgan fingerprint density at radius 3 is 2.59 bits per heavy atom. The van der Waals surface area contributed by atoms with E-state index < -0.39 is 11.8 Å². The quantitative estimate of drug-likeness (QED) is 0.367. The summed E-state index contributed by atoms with van der Waals surface area (Å²) in [4.78, 5) is 29.3. The van der Waals surface area contributed by atoms with Crippen LogP contribution in [-0.2, 0) is 0 Å². The number of aryl methyl sites for hydroxylation is 2. The minimum absolute atomic E-state index is 0.312. The van der Waals surface area contributed by atoms with Crippen LogP contribution >= 0.6 is 11.6 Å². The van der Waals surface area contributed by atoms with Gasteiger partial charge in [0.25, 0.3) is 11.8 Å². The number of nitrogens with zero attached hydrogens (tertiary/aromatic N) is 3. The molecule has 0 spiro atoms. The van der Waals surface area contributed by atoms with Crippen molar-refractivity contribution in [2.75, 3.05) is 0 Å². The number of nitrogens with one attached hydrogen (secondary N) is 2. The van der Waals surface area contributed by atoms with Crippen LogP contribution in [0.25, 0.3) is 5.65 Å². The highest BCUT2D eigenvalue weighted by molar-refractivity contribution is 6.34. The number of rotatable bonds is 2. The van der Waals surface area contributed by atoms with Crippen molar-refractivity contribution in [1.29, 1.82) is 0 Å². The topological polar surface area (TPSA) is 88.4 Å². The van der Waals surface area contributed by atoms with E-state index in [0.717, 1.165) is 5.56 Å². The summed E-state index contributed by atoms with van der Waals surface area (Å²) in [5.74, 6) is 5.16. The lowest BCUT2D eigenvalue weighted by atomic mass is 10.0. The summed E-state index contributed by atoms with van der Waals surface area (Å²) in [7, 11) is 0. The molecule has 158 valence electrons. The van der Waals surface area contributed by atoms with E-state index in [9.17, 15) is 9.59 Å². The van der Waals surface area contributed by atoms with Gasteiger partial charge in [-0.25, -0.2) is 9.50 Å². The summed E-state index contributed by atoms with van der Waals surface area (Å²) in [6.45, 7) is 3.67. The molecule has 0 fully saturated rings. The molecule has 2 aromatic heterocycles. The van der Waals surface area contributed by atoms with Gasteiger partial charge in [0, 0.05) is 17.3 Å². The van der Waals surface area contributed by atoms with Gasteiger partial charge < -0.3 is 0 Å². The molecule has 2 amide bonds. The number of halogens is 1. The third-order valence-electron chi connectivity index (χ3n) is 4.84. The molecule has 2 aromatic carbocycles. The Kier molecular flexibility index (Phi) is 5.88. The SMILES string of the molecule is Cc1ccc(C(=O)NNC(=O)c2c(C)cccc2Cl)cc1C#Cc1cnc2cccnn12. The van der Waals surface area contributed by atoms with Gasteiger partial charge in [-0.1, -0.05) is 35.7 Å². The molecule has 7 nitrogen and oxygen atoms in total. The molecule has 0 aliphatic heterocycles. The second kappa shape index (κ2) is 8.92. The Labute approximate surface area is 189 Å². The van der Waals surface area contributed by atoms with Gasteiger partial charge in [0.05, 0.1) is 16.8 Å². The van der Waals surface area contributed by atoms with Crippen LogP contribution in [0.3, 0.4) is 0 Å². The van der Waals surface area contributed by atoms with Crippen LogP contribution in [0.4, 0.5) is 0 Å². The van der Waals surface area contributed by atoms with Crippen molar-refractivity contribution in [2.24, 2.45) is 0 Å². The van der Waals surface area contributed by atoms with Crippen molar-refractivity contribution in [2.45, 2.75) is 13.8 Å². The smallest absolute Gasteiger partial charge is 0.267 e. The van der Waals surface area contributed by atoms with E-state index in [0.29, 0.717) is 38.6 Å². The van der Waals surface area contributed by atoms with Crippen molar-refractivity contribution in [1.82, 2.24) is 25.4 Å². The molecule has 0 bridgehead atoms. The number of carbonyl (C=O) groups excluding carboxylic acids is 2. The number of benzene rings is 2. The lowest BCUT2D eigenvalue weighted by Gasteiger charge is -2.11. The number of hydrogen-bond donors (Lipinski definition) is 2. The summed E-state index contributed by atoms with van der Waals surface area (Å²) in [5.41, 5.74) is 9.13. The molecule has 0 aliphatic carbocycles. The molecule has 4 aromatic rings. The average molecular weight is 444 g/mol. The Balaban J connectivity index is 1.51. The maximum absolute atomic E-state index is 12.6. The Bertz CT molecular complexity index is 1390. The molecular weight excluding hydrogens is 426 g/mol. The Morgan fingerprint density at radius 1 is 0.969 bits per heavy atom. The minimum atomic E-state index is -0.492. The molecule has 0 saturated heterocycles. The lowest BCUT2D eigenvalue weighted by Crippen LogP contribution is -2.42. The van der Waals surface area contributed by atoms with Crippen molar-refractivity contribution in [3.63, 3.8) is 0 Å². The molecule has 32 heavy (non-hydrogen) atoms. The maximum Gasteiger partial charge on any atom is 0.271 e. The zero-order valence-electron chi connectivity index (χ0n) is 17.3. The maximum atomic E-state index is 12.6. The molecule has 2 heterocycles. The van der Waals surface area contributed by atoms with Gasteiger partial charge in [0.2, 0.25) is 0 Å². The van der Waals surface area contributed by atoms with Gasteiger partial charge in [-0.3, -0.25) is 20.4 Å². The van der Waals surface area contributed by atoms with Gasteiger partial charge in [0.1, 0.15) is 5.69 Å². The summed E-state index contributed by atoms with van der Waals surface area (Å²) >= 11 is 6.11. The van der Waals surface area contributed by atoms with Gasteiger partial charge >= 0.3 is 0 Å². The normalized spacial score (nSPS) is 10.3. The van der Waals surface area contributed by atoms with Crippen molar-refractivity contribution < 1.29 is 9.59 Å². The van der Waals surface area contributed by atoms with E-state index in [1.54, 1.807) is 66.3 Å². The minimum Gasteiger partial charge on any atom is -0.267 e. The zero-order chi connectivity index (χ0) is 22.7. The van der Waals surface area contributed by atoms with E-state index in [2.05, 4.69) is 32.8 Å². The molecule has 2 N–H and O–H groups in total. The molecular formula is C24H18ClN5O2. The number of amides is 2. The molecule has 0 atom stereocenters. The number of imidazole rings is 1. The third kappa shape index (κ3) is 4.31. The van der Waals surface area contributed by atoms with E-state index in [-0.39, 0.29) is 0 Å². The fourth-order valence-electron chi connectivity index (χ4n) is 3.11. The van der Waals surface area contributed by atoms with Crippen LogP contribution in [0, 0.1) is 25.7 Å². The number of hydrazine groups is 1. The van der Waals surface area contributed by atoms with Crippen LogP contribution in [0.1, 0.15) is 43.1 Å². The highest BCUT2D eigenvalue weighted by Gasteiger charge is 2.15. The van der Waals surface area contributed by atoms with Gasteiger partial charge in [-0.15, -0.1) is 0 Å². The first kappa shape index (κ1) is 21.1. The van der Waals surface area contributed by atoms with Crippen LogP contribution in [0.2, 0.25) is 5.02 Å². The number of hydrogen-bond acceptors (Lipinski definition) is 4. The molecule has 0 unspecified atom stereocenters. The van der Waals surface area contributed by atoms with Crippen molar-refractivity contribution >= 4 is 29.1 Å². The second-order valence-electron chi connectivity index (χ2n) is 7.06. The summed E-state index contributed by atoms with van der Waals surface area (Å²) in [6, 6.07) is 13.9. The second-order valence-corrected chi connectivity index (χ2v) is 7.46. The Morgan fingerprint density at radius 2 is 1.78 bits per heavy atom. The van der Waals surface area contributed by atoms with Gasteiger partial charge in [-0.2, -0.15) is 5.10 Å². The summed E-state index contributed by atoms with van der Waals surface area (Å²) in [6.07, 6.45) is 3.31. The van der Waals surface area contributed by atoms with E-state index in [1.807, 2.05) is 13.0 Å². The van der Waals surface area contributed by atoms with Gasteiger partial charge in [-0.05, 0) is 61.2 Å². The third-order valence-corrected chi connectivity index (χ3v) is 5.16. The largest absolute Gasteiger partial charge is 0.271 e. The predicted molar refractivity (Wildman–Crippen MR) is 121 cm³/mol. The van der Waals surface area contributed by atoms with Crippen LogP contribution < -0.4 is 10.9 Å². The van der Waals surface area contributed by atoms with E-state index >= 15 is 0 Å². The van der Waals surface area contributed by atoms with Crippen molar-refractivity contribution in [3.8, 4) is 11.8 Å². The molecule has 8 heteroatoms. The van der Waals surface area contributed by atoms with Crippen LogP contribution in [-0.4, -0.2) is 26.4 Å². The van der Waals surface area contributed by atoms with E-state index in [4.69, 9.17) is 11.6 Å². The first-order valence-corrected chi connectivity index (χ1v) is 10.1. The molecule has 4 rings (SSSR count). The van der Waals surface area contributed by atoms with E-state index in [1.165, 1.54) is 0 Å². The van der Waals surface area contributed by atoms with Gasteiger partial charge in [0.15, 0.2) is 5.65 Å². The number of aromatic nitrogens is 3. The average Bonchev–Trinajstić information content (AvgIpc) is 3.20. The predicted octanol–water partition coefficient (Wildman–Crippen LogP) is 3.47. The van der Waals surface area contributed by atoms with Crippen LogP contribution in [0.5, 0.6) is 0 Å². The molecule has 0 radical (unpaired) electrons. The fraction of sp³-hybridized carbons (Fsp3) is 0.0833. The lowest BCUT2D eigenvalue weighted by molar-refractivity contribution is 0.0846. The monoisotopic (exact) mass is 443 g/mol. The molecule has 0 aliphatic rings. The zero-order valence-corrected chi connectivity index (χ0v) is 18.1. The number of fused-ring (bicyclic) bond motifs is 1. The fourth-order valence-corrected chi connectivity index (χ4v) is 3.42. The van der Waals surface area contributed by atoms with Crippen LogP contribution in [0.15, 0.2) is 60.9 Å². The van der Waals surface area contributed by atoms with Crippen molar-refractivity contribution in [3.05, 3.63) is 99.5 Å². The number of carbonyl (C=O) groups is 2. The standard InChI is InChI=1S/C24H18ClN5O2/c1-15-8-9-18(23(31)28-29-24(32)22-16(2)5-3-6-20(22)25)13-17(15)10-11-19-14-26-21-7-4-12-27-30(19)21/h3-9,12-14H,1-2H3,(H,28,31)(H,29,32). The highest BCUT2D eigenvalue weighted by atomic mass is 35.5. The summed E-state index contributed by atoms with van der Waals surface area (Å²) < 4.78 is 1.64. The Hall–Kier alpha value is -4.15.